The molecule has 0 rings (SSSR count). The maximum Gasteiger partial charge on any atom is 0.306 e. The third kappa shape index (κ3) is 11.8. The van der Waals surface area contributed by atoms with Gasteiger partial charge in [-0.05, 0) is 49.8 Å². The van der Waals surface area contributed by atoms with Gasteiger partial charge in [-0.1, -0.05) is 68.8 Å². The molecule has 0 aromatic rings. The number of allylic oxidation sites excluding steroid dienone is 1. The van der Waals surface area contributed by atoms with Crippen LogP contribution in [0.15, 0.2) is 9.47 Å². The molecule has 2 nitrogen and oxygen atoms in total. The predicted octanol–water partition coefficient (Wildman–Crippen LogP) is 6.70. The Kier molecular flexibility index (Phi) is 12.5. The first-order valence-corrected chi connectivity index (χ1v) is 10.1. The Morgan fingerprint density at radius 1 is 1.14 bits per heavy atom. The molecule has 0 saturated heterocycles. The summed E-state index contributed by atoms with van der Waals surface area (Å²) in [7, 11) is 0. The molecule has 0 aromatic heterocycles. The van der Waals surface area contributed by atoms with Crippen LogP contribution in [0.1, 0.15) is 65.7 Å². The summed E-state index contributed by atoms with van der Waals surface area (Å²) >= 11 is 10.3. The van der Waals surface area contributed by atoms with E-state index < -0.39 is 0 Å². The Morgan fingerprint density at radius 2 is 1.71 bits per heavy atom. The minimum atomic E-state index is -0.189. The second kappa shape index (κ2) is 12.1. The zero-order valence-electron chi connectivity index (χ0n) is 13.3. The summed E-state index contributed by atoms with van der Waals surface area (Å²) in [5.41, 5.74) is -0.189. The first-order valence-electron chi connectivity index (χ1n) is 7.62. The van der Waals surface area contributed by atoms with E-state index in [1.54, 1.807) is 0 Å². The van der Waals surface area contributed by atoms with Gasteiger partial charge in [0, 0.05) is 4.83 Å². The van der Waals surface area contributed by atoms with Gasteiger partial charge in [0.1, 0.15) is 0 Å². The van der Waals surface area contributed by atoms with Crippen LogP contribution in [0.5, 0.6) is 0 Å². The minimum Gasteiger partial charge on any atom is -0.466 e. The molecule has 0 aliphatic heterocycles. The number of esters is 1. The highest BCUT2D eigenvalue weighted by Gasteiger charge is 2.29. The summed E-state index contributed by atoms with van der Waals surface area (Å²) in [4.78, 5) is 12.0. The molecule has 124 valence electrons. The number of carbonyl (C=O) groups is 1. The normalized spacial score (nSPS) is 12.9. The topological polar surface area (TPSA) is 26.3 Å². The monoisotopic (exact) mass is 488 g/mol. The van der Waals surface area contributed by atoms with E-state index in [-0.39, 0.29) is 16.2 Å². The highest BCUT2D eigenvalue weighted by molar-refractivity contribution is 9.28. The molecule has 0 aromatic carbocycles. The van der Waals surface area contributed by atoms with Crippen molar-refractivity contribution in [2.45, 2.75) is 70.5 Å². The second-order valence-electron chi connectivity index (χ2n) is 6.01. The lowest BCUT2D eigenvalue weighted by molar-refractivity contribution is -0.146. The van der Waals surface area contributed by atoms with Crippen LogP contribution in [0.25, 0.3) is 0 Å². The quantitative estimate of drug-likeness (QED) is 0.183. The van der Waals surface area contributed by atoms with Gasteiger partial charge in [0.05, 0.1) is 16.4 Å². The number of halogens is 3. The number of alkyl halides is 1. The summed E-state index contributed by atoms with van der Waals surface area (Å²) in [5.74, 6) is -0.114. The molecule has 0 saturated carbocycles. The second-order valence-corrected chi connectivity index (χ2v) is 9.77. The molecule has 0 radical (unpaired) electrons. The molecule has 0 amide bonds. The number of rotatable bonds is 11. The van der Waals surface area contributed by atoms with E-state index in [4.69, 9.17) is 4.74 Å². The van der Waals surface area contributed by atoms with E-state index in [9.17, 15) is 4.79 Å². The van der Waals surface area contributed by atoms with Crippen LogP contribution in [0.4, 0.5) is 0 Å². The molecular formula is C16H27Br3O2. The highest BCUT2D eigenvalue weighted by atomic mass is 79.9. The molecule has 5 heteroatoms. The van der Waals surface area contributed by atoms with Crippen molar-refractivity contribution in [2.24, 2.45) is 5.41 Å². The average Bonchev–Trinajstić information content (AvgIpc) is 2.36. The first-order chi connectivity index (χ1) is 9.79. The van der Waals surface area contributed by atoms with E-state index in [1.165, 1.54) is 25.7 Å². The number of ether oxygens (including phenoxy) is 1. The van der Waals surface area contributed by atoms with E-state index in [1.807, 2.05) is 6.08 Å². The van der Waals surface area contributed by atoms with E-state index in [2.05, 4.69) is 68.6 Å². The molecule has 0 aliphatic carbocycles. The zero-order valence-corrected chi connectivity index (χ0v) is 18.0. The van der Waals surface area contributed by atoms with Crippen molar-refractivity contribution in [1.29, 1.82) is 0 Å². The zero-order chi connectivity index (χ0) is 16.3. The number of hydrogen-bond donors (Lipinski definition) is 0. The Bertz CT molecular complexity index is 323. The van der Waals surface area contributed by atoms with Gasteiger partial charge in [0.15, 0.2) is 0 Å². The molecule has 0 N–H and O–H groups in total. The number of hydrogen-bond acceptors (Lipinski definition) is 2. The number of unbranched alkanes of at least 4 members (excludes halogenated alkanes) is 5. The minimum absolute atomic E-state index is 0.0975. The molecule has 0 spiro atoms. The van der Waals surface area contributed by atoms with E-state index in [0.717, 1.165) is 16.2 Å². The number of carbonyl (C=O) groups excluding carboxylic acids is 1. The Morgan fingerprint density at radius 3 is 2.29 bits per heavy atom. The van der Waals surface area contributed by atoms with E-state index >= 15 is 0 Å². The Hall–Kier alpha value is 0.650. The highest BCUT2D eigenvalue weighted by Crippen LogP contribution is 2.34. The lowest BCUT2D eigenvalue weighted by Crippen LogP contribution is -2.27. The summed E-state index contributed by atoms with van der Waals surface area (Å²) in [5, 5.41) is 0. The van der Waals surface area contributed by atoms with Crippen LogP contribution in [-0.2, 0) is 9.53 Å². The van der Waals surface area contributed by atoms with Gasteiger partial charge in [-0.2, -0.15) is 0 Å². The van der Waals surface area contributed by atoms with Gasteiger partial charge in [0.25, 0.3) is 0 Å². The largest absolute Gasteiger partial charge is 0.466 e. The predicted molar refractivity (Wildman–Crippen MR) is 101 cm³/mol. The van der Waals surface area contributed by atoms with Crippen LogP contribution in [0.2, 0.25) is 0 Å². The molecule has 1 unspecified atom stereocenters. The summed E-state index contributed by atoms with van der Waals surface area (Å²) < 4.78 is 6.22. The van der Waals surface area contributed by atoms with Gasteiger partial charge >= 0.3 is 5.97 Å². The van der Waals surface area contributed by atoms with Crippen molar-refractivity contribution in [2.75, 3.05) is 6.61 Å². The Balaban J connectivity index is 3.90. The summed E-state index contributed by atoms with van der Waals surface area (Å²) in [6.07, 6.45) is 9.61. The van der Waals surface area contributed by atoms with Crippen molar-refractivity contribution in [1.82, 2.24) is 0 Å². The molecule has 0 heterocycles. The smallest absolute Gasteiger partial charge is 0.306 e. The molecule has 0 bridgehead atoms. The van der Waals surface area contributed by atoms with Gasteiger partial charge in [-0.15, -0.1) is 0 Å². The van der Waals surface area contributed by atoms with Gasteiger partial charge in [0.2, 0.25) is 0 Å². The van der Waals surface area contributed by atoms with Gasteiger partial charge in [-0.25, -0.2) is 0 Å². The summed E-state index contributed by atoms with van der Waals surface area (Å²) in [6.45, 7) is 6.87. The van der Waals surface area contributed by atoms with Crippen LogP contribution in [0, 0.1) is 5.41 Å². The average molecular weight is 491 g/mol. The molecule has 0 fully saturated rings. The van der Waals surface area contributed by atoms with Crippen LogP contribution in [0.3, 0.4) is 0 Å². The molecule has 1 atom stereocenters. The fraction of sp³-hybridized carbons (Fsp3) is 0.812. The standard InChI is InChI=1S/C16H27Br3O2/c1-4-5-6-7-8-9-10-21-15(20)12-16(2,3)13(17)11-14(18)19/h11,13H,4-10,12H2,1-3H3. The SMILES string of the molecule is CCCCCCCCOC(=O)CC(C)(C)C(Br)C=C(Br)Br. The third-order valence-corrected chi connectivity index (χ3v) is 5.41. The van der Waals surface area contributed by atoms with Crippen LogP contribution < -0.4 is 0 Å². The lowest BCUT2D eigenvalue weighted by atomic mass is 9.86. The molecule has 0 aliphatic rings. The third-order valence-electron chi connectivity index (χ3n) is 3.38. The fourth-order valence-corrected chi connectivity index (χ4v) is 3.59. The Labute approximate surface area is 154 Å². The van der Waals surface area contributed by atoms with Crippen molar-refractivity contribution in [3.8, 4) is 0 Å². The van der Waals surface area contributed by atoms with Crippen LogP contribution >= 0.6 is 47.8 Å². The molecule has 21 heavy (non-hydrogen) atoms. The maximum absolute atomic E-state index is 11.9. The fourth-order valence-electron chi connectivity index (χ4n) is 1.93. The summed E-state index contributed by atoms with van der Waals surface area (Å²) in [6, 6.07) is 0. The van der Waals surface area contributed by atoms with Gasteiger partial charge < -0.3 is 4.74 Å². The lowest BCUT2D eigenvalue weighted by Gasteiger charge is -2.27. The van der Waals surface area contributed by atoms with Crippen molar-refractivity contribution < 1.29 is 9.53 Å². The van der Waals surface area contributed by atoms with E-state index in [0.29, 0.717) is 13.0 Å². The van der Waals surface area contributed by atoms with Crippen molar-refractivity contribution >= 4 is 53.8 Å². The molecular weight excluding hydrogens is 464 g/mol. The van der Waals surface area contributed by atoms with Crippen molar-refractivity contribution in [3.63, 3.8) is 0 Å². The maximum atomic E-state index is 11.9. The van der Waals surface area contributed by atoms with Gasteiger partial charge in [-0.3, -0.25) is 4.79 Å². The van der Waals surface area contributed by atoms with Crippen molar-refractivity contribution in [3.05, 3.63) is 9.47 Å². The van der Waals surface area contributed by atoms with Crippen LogP contribution in [-0.4, -0.2) is 17.4 Å². The first kappa shape index (κ1) is 21.6.